The van der Waals surface area contributed by atoms with Gasteiger partial charge in [-0.3, -0.25) is 0 Å². The van der Waals surface area contributed by atoms with Crippen LogP contribution in [-0.2, 0) is 6.18 Å². The topological polar surface area (TPSA) is 52.0 Å². The molecule has 6 nitrogen and oxygen atoms in total. The first-order chi connectivity index (χ1) is 29.7. The molecular formula is C53H79F3N4O2S. The average Bonchev–Trinajstić information content (AvgIpc) is 4.10. The van der Waals surface area contributed by atoms with E-state index in [9.17, 15) is 18.0 Å². The minimum Gasteiger partial charge on any atom is -0.470 e. The van der Waals surface area contributed by atoms with Crippen molar-refractivity contribution in [1.82, 2.24) is 20.0 Å². The van der Waals surface area contributed by atoms with Crippen molar-refractivity contribution in [3.63, 3.8) is 0 Å². The van der Waals surface area contributed by atoms with Crippen LogP contribution in [0.2, 0.25) is 0 Å². The SMILES string of the molecule is CCN1CCC(C)CC1.CN1CCCC1.CN1CCNC1=O.Cc1cc(C)c(C)c(C)c1.Cc1ccc(C(F)(F)F)cc1.Cc1ccccc1C.Cc1ccco1.Cc1cccs1. The molecule has 0 atom stereocenters. The Morgan fingerprint density at radius 3 is 1.54 bits per heavy atom. The summed E-state index contributed by atoms with van der Waals surface area (Å²) >= 11 is 1.78. The number of carbonyl (C=O) groups excluding carboxylic acids is 1. The number of halogens is 3. The number of benzene rings is 3. The highest BCUT2D eigenvalue weighted by Gasteiger charge is 2.29. The molecule has 0 saturated carbocycles. The van der Waals surface area contributed by atoms with Crippen LogP contribution >= 0.6 is 11.3 Å². The number of thiophene rings is 1. The van der Waals surface area contributed by atoms with E-state index in [-0.39, 0.29) is 6.03 Å². The second-order valence-corrected chi connectivity index (χ2v) is 17.9. The molecule has 350 valence electrons. The molecule has 5 aromatic rings. The van der Waals surface area contributed by atoms with Gasteiger partial charge in [-0.1, -0.05) is 79.6 Å². The van der Waals surface area contributed by atoms with Crippen LogP contribution in [0.1, 0.15) is 94.7 Å². The summed E-state index contributed by atoms with van der Waals surface area (Å²) in [5, 5.41) is 4.73. The van der Waals surface area contributed by atoms with E-state index in [1.54, 1.807) is 36.5 Å². The number of hydrogen-bond acceptors (Lipinski definition) is 5. The van der Waals surface area contributed by atoms with Gasteiger partial charge < -0.3 is 24.4 Å². The van der Waals surface area contributed by atoms with Crippen molar-refractivity contribution in [2.45, 2.75) is 108 Å². The van der Waals surface area contributed by atoms with Crippen molar-refractivity contribution in [2.24, 2.45) is 5.92 Å². The van der Waals surface area contributed by atoms with Crippen LogP contribution in [0.25, 0.3) is 0 Å². The Morgan fingerprint density at radius 1 is 0.698 bits per heavy atom. The predicted octanol–water partition coefficient (Wildman–Crippen LogP) is 14.0. The molecule has 0 aliphatic carbocycles. The first-order valence-corrected chi connectivity index (χ1v) is 23.2. The third kappa shape index (κ3) is 26.8. The van der Waals surface area contributed by atoms with Gasteiger partial charge >= 0.3 is 12.2 Å². The molecule has 2 aromatic heterocycles. The van der Waals surface area contributed by atoms with E-state index >= 15 is 0 Å². The second-order valence-electron chi connectivity index (χ2n) is 16.7. The van der Waals surface area contributed by atoms with Crippen molar-refractivity contribution in [2.75, 3.05) is 59.9 Å². The van der Waals surface area contributed by atoms with Gasteiger partial charge in [-0.2, -0.15) is 13.2 Å². The van der Waals surface area contributed by atoms with Crippen LogP contribution in [0.5, 0.6) is 0 Å². The van der Waals surface area contributed by atoms with Gasteiger partial charge in [0.05, 0.1) is 11.8 Å². The lowest BCUT2D eigenvalue weighted by Gasteiger charge is -2.28. The van der Waals surface area contributed by atoms with Gasteiger partial charge in [0.15, 0.2) is 0 Å². The van der Waals surface area contributed by atoms with Crippen LogP contribution < -0.4 is 5.32 Å². The molecular weight excluding hydrogens is 814 g/mol. The second kappa shape index (κ2) is 31.5. The molecule has 0 bridgehead atoms. The zero-order valence-electron chi connectivity index (χ0n) is 40.8. The third-order valence-corrected chi connectivity index (χ3v) is 11.7. The van der Waals surface area contributed by atoms with Crippen LogP contribution in [0.15, 0.2) is 101 Å². The zero-order chi connectivity index (χ0) is 47.4. The molecule has 1 N–H and O–H groups in total. The molecule has 63 heavy (non-hydrogen) atoms. The number of aryl methyl sites for hydroxylation is 8. The van der Waals surface area contributed by atoms with E-state index in [1.807, 2.05) is 19.1 Å². The van der Waals surface area contributed by atoms with Crippen molar-refractivity contribution < 1.29 is 22.4 Å². The fourth-order valence-corrected chi connectivity index (χ4v) is 6.73. The molecule has 3 aromatic carbocycles. The van der Waals surface area contributed by atoms with Gasteiger partial charge in [0, 0.05) is 25.0 Å². The Balaban J connectivity index is 0.000000363. The molecule has 10 heteroatoms. The standard InChI is InChI=1S/C10H14.C8H7F3.C8H17N.C8H10.C5H11N.C5H6O.C5H6S.C4H8N2O/c1-7-5-8(2)10(4)9(3)6-7;1-6-2-4-7(5-3-6)8(9,10)11;1-3-9-6-4-8(2)5-7-9;1-7-5-3-4-6-8(7)2;1-6-4-2-3-5-6;2*1-5-3-2-4-6-5;1-6-3-2-5-4(6)7/h5-6H,1-4H3;2-5H,1H3;8H,3-7H2,1-2H3;3-6H,1-2H3;2-5H2,1H3;2*2-4H,1H3;2-3H2,1H3,(H,5,7). The number of likely N-dealkylation sites (N-methyl/N-ethyl adjacent to an activating group) is 1. The quantitative estimate of drug-likeness (QED) is 0.182. The van der Waals surface area contributed by atoms with Crippen LogP contribution in [0.4, 0.5) is 18.0 Å². The highest BCUT2D eigenvalue weighted by atomic mass is 32.1. The van der Waals surface area contributed by atoms with E-state index in [1.165, 1.54) is 109 Å². The number of carbonyl (C=O) groups is 1. The van der Waals surface area contributed by atoms with Crippen molar-refractivity contribution in [1.29, 1.82) is 0 Å². The van der Waals surface area contributed by atoms with Crippen molar-refractivity contribution in [3.05, 3.63) is 152 Å². The summed E-state index contributed by atoms with van der Waals surface area (Å²) in [5.41, 5.74) is 8.56. The third-order valence-electron chi connectivity index (χ3n) is 10.9. The Kier molecular flexibility index (Phi) is 28.3. The van der Waals surface area contributed by atoms with E-state index < -0.39 is 11.7 Å². The molecule has 2 amide bonds. The maximum Gasteiger partial charge on any atom is 0.416 e. The summed E-state index contributed by atoms with van der Waals surface area (Å²) < 4.78 is 40.6. The molecule has 0 unspecified atom stereocenters. The number of alkyl halides is 3. The van der Waals surface area contributed by atoms with E-state index in [0.717, 1.165) is 42.5 Å². The lowest BCUT2D eigenvalue weighted by atomic mass is 9.99. The predicted molar refractivity (Wildman–Crippen MR) is 263 cm³/mol. The first-order valence-electron chi connectivity index (χ1n) is 22.3. The smallest absolute Gasteiger partial charge is 0.416 e. The molecule has 3 aliphatic rings. The number of piperidine rings is 1. The summed E-state index contributed by atoms with van der Waals surface area (Å²) in [7, 11) is 3.95. The summed E-state index contributed by atoms with van der Waals surface area (Å²) in [6.45, 7) is 31.4. The van der Waals surface area contributed by atoms with Gasteiger partial charge in [-0.15, -0.1) is 11.3 Å². The fourth-order valence-electron chi connectivity index (χ4n) is 6.20. The minimum absolute atomic E-state index is 0.0417. The Bertz CT molecular complexity index is 1820. The molecule has 0 radical (unpaired) electrons. The summed E-state index contributed by atoms with van der Waals surface area (Å²) in [4.78, 5) is 18.3. The van der Waals surface area contributed by atoms with Crippen LogP contribution in [0, 0.1) is 68.2 Å². The van der Waals surface area contributed by atoms with Gasteiger partial charge in [0.25, 0.3) is 0 Å². The van der Waals surface area contributed by atoms with Crippen molar-refractivity contribution >= 4 is 17.4 Å². The number of hydrogen-bond donors (Lipinski definition) is 1. The van der Waals surface area contributed by atoms with E-state index in [0.29, 0.717) is 0 Å². The van der Waals surface area contributed by atoms with Crippen LogP contribution in [0.3, 0.4) is 0 Å². The summed E-state index contributed by atoms with van der Waals surface area (Å²) in [5.74, 6) is 1.95. The number of nitrogens with zero attached hydrogens (tertiary/aromatic N) is 3. The molecule has 3 fully saturated rings. The normalized spacial score (nSPS) is 14.7. The number of likely N-dealkylation sites (tertiary alicyclic amines) is 2. The lowest BCUT2D eigenvalue weighted by Crippen LogP contribution is -2.32. The van der Waals surface area contributed by atoms with E-state index in [2.05, 4.69) is 138 Å². The van der Waals surface area contributed by atoms with Crippen molar-refractivity contribution in [3.8, 4) is 0 Å². The fraction of sp³-hybridized carbons (Fsp3) is 0.491. The number of furan rings is 1. The van der Waals surface area contributed by atoms with E-state index in [4.69, 9.17) is 4.42 Å². The van der Waals surface area contributed by atoms with Gasteiger partial charge in [0.1, 0.15) is 5.76 Å². The Hall–Kier alpha value is -4.38. The Labute approximate surface area is 383 Å². The average molecular weight is 893 g/mol. The molecule has 5 heterocycles. The minimum atomic E-state index is -4.21. The number of rotatable bonds is 1. The number of urea groups is 1. The maximum atomic E-state index is 11.9. The number of nitrogens with one attached hydrogen (secondary N) is 1. The summed E-state index contributed by atoms with van der Waals surface area (Å²) in [6.07, 6.45) is 3.09. The maximum absolute atomic E-state index is 11.9. The highest BCUT2D eigenvalue weighted by molar-refractivity contribution is 7.09. The molecule has 3 aliphatic heterocycles. The van der Waals surface area contributed by atoms with Crippen LogP contribution in [-0.4, -0.2) is 80.6 Å². The monoisotopic (exact) mass is 893 g/mol. The zero-order valence-corrected chi connectivity index (χ0v) is 41.6. The molecule has 3 saturated heterocycles. The number of amides is 2. The molecule has 0 spiro atoms. The Morgan fingerprint density at radius 2 is 1.25 bits per heavy atom. The summed E-state index contributed by atoms with van der Waals surface area (Å²) in [6, 6.07) is 25.8. The lowest BCUT2D eigenvalue weighted by molar-refractivity contribution is -0.137. The highest BCUT2D eigenvalue weighted by Crippen LogP contribution is 2.29. The largest absolute Gasteiger partial charge is 0.470 e. The first kappa shape index (κ1) is 56.6. The van der Waals surface area contributed by atoms with Gasteiger partial charge in [-0.05, 0) is 197 Å². The molecule has 8 rings (SSSR count). The van der Waals surface area contributed by atoms with Gasteiger partial charge in [-0.25, -0.2) is 4.79 Å². The van der Waals surface area contributed by atoms with Gasteiger partial charge in [0.2, 0.25) is 0 Å².